The molecule has 0 aromatic rings. The van der Waals surface area contributed by atoms with Crippen LogP contribution in [0.2, 0.25) is 0 Å². The van der Waals surface area contributed by atoms with Crippen molar-refractivity contribution in [3.63, 3.8) is 0 Å². The molecule has 2 nitrogen and oxygen atoms in total. The largest absolute Gasteiger partial charge is 0.374 e. The maximum absolute atomic E-state index is 11.7. The predicted octanol–water partition coefficient (Wildman–Crippen LogP) is 5.17. The van der Waals surface area contributed by atoms with Gasteiger partial charge in [0.1, 0.15) is 0 Å². The van der Waals surface area contributed by atoms with E-state index in [-0.39, 0.29) is 11.4 Å². The molecule has 0 amide bonds. The molecule has 4 saturated carbocycles. The third kappa shape index (κ3) is 2.16. The van der Waals surface area contributed by atoms with E-state index in [4.69, 9.17) is 4.74 Å². The number of hydrogen-bond donors (Lipinski definition) is 0. The zero-order valence-corrected chi connectivity index (χ0v) is 15.8. The molecule has 0 bridgehead atoms. The van der Waals surface area contributed by atoms with Crippen molar-refractivity contribution in [2.75, 3.05) is 6.61 Å². The van der Waals surface area contributed by atoms with Gasteiger partial charge >= 0.3 is 0 Å². The fourth-order valence-corrected chi connectivity index (χ4v) is 8.44. The second-order valence-electron chi connectivity index (χ2n) is 10.1. The van der Waals surface area contributed by atoms with Crippen molar-refractivity contribution >= 4 is 5.78 Å². The topological polar surface area (TPSA) is 26.3 Å². The van der Waals surface area contributed by atoms with Crippen molar-refractivity contribution < 1.29 is 9.53 Å². The number of ketones is 1. The molecule has 5 aliphatic rings. The maximum atomic E-state index is 11.7. The van der Waals surface area contributed by atoms with E-state index in [2.05, 4.69) is 13.5 Å². The Bertz CT molecular complexity index is 575. The minimum atomic E-state index is 0.240. The van der Waals surface area contributed by atoms with Crippen molar-refractivity contribution in [2.45, 2.75) is 76.7 Å². The molecular formula is C23H34O2. The smallest absolute Gasteiger partial charge is 0.155 e. The van der Waals surface area contributed by atoms with E-state index >= 15 is 0 Å². The molecule has 1 saturated heterocycles. The van der Waals surface area contributed by atoms with Gasteiger partial charge in [0.2, 0.25) is 0 Å². The SMILES string of the molecule is C=CC(=O)CCC1CCCC2C1CCC1(C)C2C2CC2C12CCCO2. The third-order valence-corrected chi connectivity index (χ3v) is 9.37. The van der Waals surface area contributed by atoms with E-state index in [1.54, 1.807) is 0 Å². The Morgan fingerprint density at radius 2 is 2.04 bits per heavy atom. The van der Waals surface area contributed by atoms with Crippen LogP contribution in [0.4, 0.5) is 0 Å². The van der Waals surface area contributed by atoms with Crippen LogP contribution >= 0.6 is 0 Å². The number of ether oxygens (including phenoxy) is 1. The first kappa shape index (κ1) is 16.5. The fraction of sp³-hybridized carbons (Fsp3) is 0.870. The highest BCUT2D eigenvalue weighted by Crippen LogP contribution is 2.78. The number of carbonyl (C=O) groups is 1. The standard InChI is InChI=1S/C23H34O2/c1-3-16(24)9-8-15-6-4-7-18-17(15)10-12-22(2)21(18)19-14-20(19)23(22)11-5-13-25-23/h3,15,17-21H,1,4-14H2,2H3. The van der Waals surface area contributed by atoms with Crippen molar-refractivity contribution in [1.29, 1.82) is 0 Å². The second-order valence-corrected chi connectivity index (χ2v) is 10.1. The minimum absolute atomic E-state index is 0.240. The summed E-state index contributed by atoms with van der Waals surface area (Å²) in [4.78, 5) is 11.7. The summed E-state index contributed by atoms with van der Waals surface area (Å²) in [7, 11) is 0. The van der Waals surface area contributed by atoms with Crippen molar-refractivity contribution in [3.05, 3.63) is 12.7 Å². The summed E-state index contributed by atoms with van der Waals surface area (Å²) in [5.41, 5.74) is 0.691. The summed E-state index contributed by atoms with van der Waals surface area (Å²) in [5.74, 6) is 5.56. The lowest BCUT2D eigenvalue weighted by molar-refractivity contribution is -0.150. The summed E-state index contributed by atoms with van der Waals surface area (Å²) in [5, 5.41) is 0. The monoisotopic (exact) mass is 342 g/mol. The Morgan fingerprint density at radius 3 is 2.80 bits per heavy atom. The van der Waals surface area contributed by atoms with Crippen LogP contribution in [0.5, 0.6) is 0 Å². The molecular weight excluding hydrogens is 308 g/mol. The lowest BCUT2D eigenvalue weighted by Gasteiger charge is -2.57. The fourth-order valence-electron chi connectivity index (χ4n) is 8.44. The molecule has 1 heterocycles. The molecule has 0 radical (unpaired) electrons. The number of carbonyl (C=O) groups excluding carboxylic acids is 1. The Hall–Kier alpha value is -0.630. The third-order valence-electron chi connectivity index (χ3n) is 9.37. The minimum Gasteiger partial charge on any atom is -0.374 e. The van der Waals surface area contributed by atoms with E-state index in [1.165, 1.54) is 57.4 Å². The van der Waals surface area contributed by atoms with Gasteiger partial charge in [-0.05, 0) is 86.5 Å². The lowest BCUT2D eigenvalue weighted by Crippen LogP contribution is -2.54. The van der Waals surface area contributed by atoms with Crippen LogP contribution in [-0.2, 0) is 9.53 Å². The molecule has 0 aromatic heterocycles. The Morgan fingerprint density at radius 1 is 1.16 bits per heavy atom. The Balaban J connectivity index is 1.39. The zero-order chi connectivity index (χ0) is 17.2. The van der Waals surface area contributed by atoms with E-state index in [1.807, 2.05) is 0 Å². The van der Waals surface area contributed by atoms with Gasteiger partial charge in [0.05, 0.1) is 5.60 Å². The summed E-state index contributed by atoms with van der Waals surface area (Å²) in [6, 6.07) is 0. The van der Waals surface area contributed by atoms with Crippen LogP contribution in [0.3, 0.4) is 0 Å². The lowest BCUT2D eigenvalue weighted by atomic mass is 9.50. The van der Waals surface area contributed by atoms with Gasteiger partial charge in [0.15, 0.2) is 5.78 Å². The molecule has 8 unspecified atom stereocenters. The van der Waals surface area contributed by atoms with Crippen LogP contribution in [0, 0.1) is 40.9 Å². The number of allylic oxidation sites excluding steroid dienone is 1. The quantitative estimate of drug-likeness (QED) is 0.659. The first-order valence-electron chi connectivity index (χ1n) is 10.9. The normalized spacial score (nSPS) is 53.2. The molecule has 5 rings (SSSR count). The Kier molecular flexibility index (Phi) is 3.76. The molecule has 0 aromatic carbocycles. The number of hydrogen-bond acceptors (Lipinski definition) is 2. The molecule has 25 heavy (non-hydrogen) atoms. The van der Waals surface area contributed by atoms with Crippen molar-refractivity contribution in [2.24, 2.45) is 40.9 Å². The number of rotatable bonds is 4. The van der Waals surface area contributed by atoms with E-state index in [0.29, 0.717) is 5.41 Å². The van der Waals surface area contributed by atoms with Crippen LogP contribution in [-0.4, -0.2) is 18.0 Å². The first-order chi connectivity index (χ1) is 12.1. The maximum Gasteiger partial charge on any atom is 0.155 e. The molecule has 5 fully saturated rings. The van der Waals surface area contributed by atoms with Crippen molar-refractivity contribution in [3.8, 4) is 0 Å². The molecule has 138 valence electrons. The molecule has 0 N–H and O–H groups in total. The molecule has 2 heteroatoms. The summed E-state index contributed by atoms with van der Waals surface area (Å²) >= 11 is 0. The average Bonchev–Trinajstić information content (AvgIpc) is 3.18. The van der Waals surface area contributed by atoms with E-state index in [0.717, 1.165) is 55.0 Å². The van der Waals surface area contributed by atoms with Gasteiger partial charge in [0, 0.05) is 18.4 Å². The first-order valence-corrected chi connectivity index (χ1v) is 10.9. The van der Waals surface area contributed by atoms with Crippen LogP contribution in [0.15, 0.2) is 12.7 Å². The van der Waals surface area contributed by atoms with E-state index in [9.17, 15) is 4.79 Å². The van der Waals surface area contributed by atoms with Gasteiger partial charge in [0.25, 0.3) is 0 Å². The molecule has 8 atom stereocenters. The van der Waals surface area contributed by atoms with Crippen LogP contribution in [0.1, 0.15) is 71.1 Å². The highest BCUT2D eigenvalue weighted by atomic mass is 16.5. The van der Waals surface area contributed by atoms with Crippen LogP contribution < -0.4 is 0 Å². The average molecular weight is 343 g/mol. The Labute approximate surface area is 152 Å². The van der Waals surface area contributed by atoms with Gasteiger partial charge in [-0.3, -0.25) is 4.79 Å². The summed E-state index contributed by atoms with van der Waals surface area (Å²) < 4.78 is 6.57. The number of fused-ring (bicyclic) bond motifs is 7. The summed E-state index contributed by atoms with van der Waals surface area (Å²) in [6.45, 7) is 7.26. The van der Waals surface area contributed by atoms with Crippen molar-refractivity contribution in [1.82, 2.24) is 0 Å². The highest BCUT2D eigenvalue weighted by Gasteiger charge is 2.76. The second kappa shape index (κ2) is 5.68. The molecule has 1 spiro atoms. The predicted molar refractivity (Wildman–Crippen MR) is 99.1 cm³/mol. The van der Waals surface area contributed by atoms with Gasteiger partial charge in [-0.2, -0.15) is 0 Å². The molecule has 4 aliphatic carbocycles. The van der Waals surface area contributed by atoms with Gasteiger partial charge in [-0.15, -0.1) is 0 Å². The van der Waals surface area contributed by atoms with Gasteiger partial charge in [-0.1, -0.05) is 26.3 Å². The zero-order valence-electron chi connectivity index (χ0n) is 15.8. The van der Waals surface area contributed by atoms with Gasteiger partial charge in [-0.25, -0.2) is 0 Å². The van der Waals surface area contributed by atoms with Crippen LogP contribution in [0.25, 0.3) is 0 Å². The van der Waals surface area contributed by atoms with E-state index < -0.39 is 0 Å². The summed E-state index contributed by atoms with van der Waals surface area (Å²) in [6.07, 6.45) is 14.3. The van der Waals surface area contributed by atoms with Gasteiger partial charge < -0.3 is 4.74 Å². The molecule has 1 aliphatic heterocycles. The highest BCUT2D eigenvalue weighted by molar-refractivity contribution is 5.88.